The van der Waals surface area contributed by atoms with Crippen molar-refractivity contribution in [3.05, 3.63) is 35.4 Å². The standard InChI is InChI=1S/C15H16O6/c1-15(2,7-3-4-9(16)14(21)13(7)20)8-5-11(18)12(19)6-10(8)17/h3-6,16-21H,1-2H3. The van der Waals surface area contributed by atoms with E-state index in [1.54, 1.807) is 13.8 Å². The van der Waals surface area contributed by atoms with E-state index in [0.29, 0.717) is 0 Å². The van der Waals surface area contributed by atoms with E-state index < -0.39 is 34.2 Å². The van der Waals surface area contributed by atoms with Crippen LogP contribution < -0.4 is 0 Å². The van der Waals surface area contributed by atoms with E-state index in [1.165, 1.54) is 18.2 Å². The van der Waals surface area contributed by atoms with E-state index in [-0.39, 0.29) is 16.9 Å². The van der Waals surface area contributed by atoms with Gasteiger partial charge in [0.25, 0.3) is 0 Å². The number of aromatic hydroxyl groups is 6. The lowest BCUT2D eigenvalue weighted by Crippen LogP contribution is -2.19. The average Bonchev–Trinajstić information content (AvgIpc) is 2.39. The average molecular weight is 292 g/mol. The summed E-state index contributed by atoms with van der Waals surface area (Å²) in [5, 5.41) is 57.9. The molecule has 112 valence electrons. The van der Waals surface area contributed by atoms with Crippen LogP contribution in [0.1, 0.15) is 25.0 Å². The minimum Gasteiger partial charge on any atom is -0.507 e. The Kier molecular flexibility index (Phi) is 3.25. The molecule has 0 radical (unpaired) electrons. The van der Waals surface area contributed by atoms with Crippen LogP contribution in [-0.4, -0.2) is 30.6 Å². The fourth-order valence-electron chi connectivity index (χ4n) is 2.28. The second-order valence-corrected chi connectivity index (χ2v) is 5.31. The Morgan fingerprint density at radius 2 is 1.19 bits per heavy atom. The topological polar surface area (TPSA) is 121 Å². The molecule has 0 aliphatic heterocycles. The first-order valence-corrected chi connectivity index (χ1v) is 6.16. The summed E-state index contributed by atoms with van der Waals surface area (Å²) in [6.07, 6.45) is 0. The van der Waals surface area contributed by atoms with Gasteiger partial charge in [0.1, 0.15) is 5.75 Å². The van der Waals surface area contributed by atoms with Crippen LogP contribution >= 0.6 is 0 Å². The summed E-state index contributed by atoms with van der Waals surface area (Å²) in [4.78, 5) is 0. The summed E-state index contributed by atoms with van der Waals surface area (Å²) in [6, 6.07) is 4.77. The summed E-state index contributed by atoms with van der Waals surface area (Å²) in [5.74, 6) is -2.81. The lowest BCUT2D eigenvalue weighted by molar-refractivity contribution is 0.358. The molecule has 0 amide bonds. The first kappa shape index (κ1) is 14.6. The van der Waals surface area contributed by atoms with Gasteiger partial charge >= 0.3 is 0 Å². The fraction of sp³-hybridized carbons (Fsp3) is 0.200. The molecular weight excluding hydrogens is 276 g/mol. The summed E-state index contributed by atoms with van der Waals surface area (Å²) in [6.45, 7) is 3.29. The Bertz CT molecular complexity index is 702. The van der Waals surface area contributed by atoms with Crippen molar-refractivity contribution < 1.29 is 30.6 Å². The second-order valence-electron chi connectivity index (χ2n) is 5.31. The molecule has 0 spiro atoms. The van der Waals surface area contributed by atoms with Gasteiger partial charge in [0.15, 0.2) is 23.0 Å². The van der Waals surface area contributed by atoms with Crippen molar-refractivity contribution in [2.45, 2.75) is 19.3 Å². The molecule has 0 unspecified atom stereocenters. The zero-order valence-electron chi connectivity index (χ0n) is 11.5. The molecule has 0 saturated heterocycles. The third kappa shape index (κ3) is 2.24. The molecule has 6 nitrogen and oxygen atoms in total. The summed E-state index contributed by atoms with van der Waals surface area (Å²) >= 11 is 0. The monoisotopic (exact) mass is 292 g/mol. The fourth-order valence-corrected chi connectivity index (χ4v) is 2.28. The van der Waals surface area contributed by atoms with Crippen LogP contribution in [0, 0.1) is 0 Å². The molecule has 2 aromatic rings. The van der Waals surface area contributed by atoms with E-state index in [9.17, 15) is 30.6 Å². The number of benzene rings is 2. The van der Waals surface area contributed by atoms with Crippen molar-refractivity contribution in [2.75, 3.05) is 0 Å². The molecular formula is C15H16O6. The second kappa shape index (κ2) is 4.66. The predicted molar refractivity (Wildman–Crippen MR) is 75.0 cm³/mol. The summed E-state index contributed by atoms with van der Waals surface area (Å²) in [5.41, 5.74) is -0.541. The highest BCUT2D eigenvalue weighted by molar-refractivity contribution is 5.60. The number of phenols is 6. The van der Waals surface area contributed by atoms with Gasteiger partial charge in [-0.2, -0.15) is 0 Å². The van der Waals surface area contributed by atoms with Crippen molar-refractivity contribution >= 4 is 0 Å². The van der Waals surface area contributed by atoms with Crippen molar-refractivity contribution in [3.63, 3.8) is 0 Å². The van der Waals surface area contributed by atoms with Crippen molar-refractivity contribution in [1.29, 1.82) is 0 Å². The van der Waals surface area contributed by atoms with Gasteiger partial charge in [-0.25, -0.2) is 0 Å². The van der Waals surface area contributed by atoms with Crippen LogP contribution in [0.15, 0.2) is 24.3 Å². The highest BCUT2D eigenvalue weighted by atomic mass is 16.3. The number of hydrogen-bond acceptors (Lipinski definition) is 6. The molecule has 0 aliphatic rings. The molecule has 0 atom stereocenters. The van der Waals surface area contributed by atoms with E-state index in [4.69, 9.17) is 0 Å². The Hall–Kier alpha value is -2.76. The molecule has 0 heterocycles. The van der Waals surface area contributed by atoms with Crippen molar-refractivity contribution in [3.8, 4) is 34.5 Å². The van der Waals surface area contributed by atoms with E-state index in [0.717, 1.165) is 6.07 Å². The van der Waals surface area contributed by atoms with Crippen LogP contribution in [0.2, 0.25) is 0 Å². The van der Waals surface area contributed by atoms with Gasteiger partial charge in [0, 0.05) is 22.6 Å². The lowest BCUT2D eigenvalue weighted by atomic mass is 9.77. The first-order chi connectivity index (χ1) is 9.66. The zero-order chi connectivity index (χ0) is 15.9. The number of rotatable bonds is 2. The van der Waals surface area contributed by atoms with Gasteiger partial charge in [-0.05, 0) is 12.1 Å². The van der Waals surface area contributed by atoms with Gasteiger partial charge in [-0.15, -0.1) is 0 Å². The summed E-state index contributed by atoms with van der Waals surface area (Å²) in [7, 11) is 0. The zero-order valence-corrected chi connectivity index (χ0v) is 11.5. The molecule has 0 saturated carbocycles. The van der Waals surface area contributed by atoms with Gasteiger partial charge < -0.3 is 30.6 Å². The molecule has 2 rings (SSSR count). The highest BCUT2D eigenvalue weighted by Crippen LogP contribution is 2.48. The lowest BCUT2D eigenvalue weighted by Gasteiger charge is -2.28. The molecule has 2 aromatic carbocycles. The molecule has 0 bridgehead atoms. The maximum atomic E-state index is 9.99. The smallest absolute Gasteiger partial charge is 0.200 e. The van der Waals surface area contributed by atoms with Crippen molar-refractivity contribution in [1.82, 2.24) is 0 Å². The van der Waals surface area contributed by atoms with E-state index >= 15 is 0 Å². The van der Waals surface area contributed by atoms with Crippen LogP contribution in [0.3, 0.4) is 0 Å². The number of phenolic OH excluding ortho intramolecular Hbond substituents is 6. The summed E-state index contributed by atoms with van der Waals surface area (Å²) < 4.78 is 0. The van der Waals surface area contributed by atoms with Crippen LogP contribution in [0.4, 0.5) is 0 Å². The van der Waals surface area contributed by atoms with E-state index in [2.05, 4.69) is 0 Å². The van der Waals surface area contributed by atoms with E-state index in [1.807, 2.05) is 0 Å². The third-order valence-corrected chi connectivity index (χ3v) is 3.57. The Morgan fingerprint density at radius 3 is 1.81 bits per heavy atom. The SMILES string of the molecule is CC(C)(c1cc(O)c(O)cc1O)c1ccc(O)c(O)c1O. The molecule has 21 heavy (non-hydrogen) atoms. The minimum absolute atomic E-state index is 0.234. The molecule has 0 aliphatic carbocycles. The molecule has 0 aromatic heterocycles. The third-order valence-electron chi connectivity index (χ3n) is 3.57. The molecule has 6 heteroatoms. The maximum Gasteiger partial charge on any atom is 0.200 e. The van der Waals surface area contributed by atoms with Gasteiger partial charge in [0.05, 0.1) is 0 Å². The first-order valence-electron chi connectivity index (χ1n) is 6.16. The Balaban J connectivity index is 2.68. The normalized spacial score (nSPS) is 11.5. The largest absolute Gasteiger partial charge is 0.507 e. The molecule has 0 fully saturated rings. The maximum absolute atomic E-state index is 9.99. The van der Waals surface area contributed by atoms with Gasteiger partial charge in [0.2, 0.25) is 5.75 Å². The van der Waals surface area contributed by atoms with Crippen LogP contribution in [0.25, 0.3) is 0 Å². The van der Waals surface area contributed by atoms with Gasteiger partial charge in [-0.1, -0.05) is 19.9 Å². The number of hydrogen-bond donors (Lipinski definition) is 6. The quantitative estimate of drug-likeness (QED) is 0.373. The van der Waals surface area contributed by atoms with Crippen molar-refractivity contribution in [2.24, 2.45) is 0 Å². The van der Waals surface area contributed by atoms with Gasteiger partial charge in [-0.3, -0.25) is 0 Å². The van der Waals surface area contributed by atoms with Crippen LogP contribution in [0.5, 0.6) is 34.5 Å². The highest BCUT2D eigenvalue weighted by Gasteiger charge is 2.31. The predicted octanol–water partition coefficient (Wildman–Crippen LogP) is 2.25. The van der Waals surface area contributed by atoms with Crippen LogP contribution in [-0.2, 0) is 5.41 Å². The Labute approximate surface area is 120 Å². The minimum atomic E-state index is -1.01. The Morgan fingerprint density at radius 1 is 0.619 bits per heavy atom. The molecule has 6 N–H and O–H groups in total.